The Balaban J connectivity index is -0.000000357. The van der Waals surface area contributed by atoms with Crippen molar-refractivity contribution in [1.29, 1.82) is 0 Å². The molecule has 1 amide bonds. The third kappa shape index (κ3) is 38.5. The average molecular weight is 776 g/mol. The maximum Gasteiger partial charge on any atom is 0.327 e. The molecule has 0 heterocycles. The number of amides is 1. The van der Waals surface area contributed by atoms with Crippen molar-refractivity contribution in [1.82, 2.24) is 4.90 Å². The number of rotatable bonds is 28. The molecule has 2 atom stereocenters. The molecule has 0 aliphatic carbocycles. The van der Waals surface area contributed by atoms with Gasteiger partial charge in [-0.1, -0.05) is 103 Å². The Morgan fingerprint density at radius 2 is 0.840 bits per heavy atom. The molecule has 4 radical (unpaired) electrons. The second-order valence-electron chi connectivity index (χ2n) is 11.2. The average Bonchev–Trinajstić information content (AvgIpc) is 2.94. The molecule has 0 fully saturated rings. The van der Waals surface area contributed by atoms with Crippen LogP contribution in [-0.4, -0.2) is 215 Å². The quantitative estimate of drug-likeness (QED) is 0.0379. The number of carbonyl (C=O) groups excluding carboxylic acids is 1. The number of nitrogens with zero attached hydrogens (tertiary/aromatic N) is 1. The Morgan fingerprint density at radius 1 is 0.520 bits per heavy atom. The summed E-state index contributed by atoms with van der Waals surface area (Å²) < 4.78 is 32.6. The number of carboxylic acids is 5. The zero-order valence-corrected chi connectivity index (χ0v) is 39.6. The zero-order valence-electron chi connectivity index (χ0n) is 30.8. The third-order valence-electron chi connectivity index (χ3n) is 7.11. The molecule has 6 N–H and O–H groups in total. The zero-order chi connectivity index (χ0) is 35.5. The Labute approximate surface area is 384 Å². The van der Waals surface area contributed by atoms with E-state index in [-0.39, 0.29) is 144 Å². The molecule has 0 rings (SSSR count). The van der Waals surface area contributed by atoms with E-state index < -0.39 is 70.0 Å². The van der Waals surface area contributed by atoms with Gasteiger partial charge in [0.25, 0.3) is 10.1 Å². The van der Waals surface area contributed by atoms with Crippen molar-refractivity contribution in [2.45, 2.75) is 147 Å². The van der Waals surface area contributed by atoms with Crippen LogP contribution in [0.1, 0.15) is 135 Å². The first-order valence-electron chi connectivity index (χ1n) is 15.9. The molecule has 50 heavy (non-hydrogen) atoms. The van der Waals surface area contributed by atoms with Gasteiger partial charge in [-0.25, -0.2) is 4.79 Å². The summed E-state index contributed by atoms with van der Waals surface area (Å²) in [5.41, 5.74) is 0. The summed E-state index contributed by atoms with van der Waals surface area (Å²) in [6.07, 6.45) is 14.7. The van der Waals surface area contributed by atoms with Crippen LogP contribution in [0.15, 0.2) is 0 Å². The molecule has 2 unspecified atom stereocenters. The van der Waals surface area contributed by atoms with Crippen LogP contribution in [0.25, 0.3) is 0 Å². The van der Waals surface area contributed by atoms with Crippen molar-refractivity contribution >= 4 is 164 Å². The SMILES string of the molecule is CCCCCCCCCCCCCCCCCCN(C(=O)C(CC(=O)O)S(=O)(=O)O)C(CC(=O)O)C(=O)O.O=C(O)CCC(=O)O.[Na].[Na].[Na].[Na]. The number of hydrogen-bond donors (Lipinski definition) is 6. The van der Waals surface area contributed by atoms with Crippen LogP contribution in [-0.2, 0) is 38.9 Å². The molecular formula is C30H53NNa4O14S. The smallest absolute Gasteiger partial charge is 0.327 e. The molecule has 272 valence electrons. The van der Waals surface area contributed by atoms with Gasteiger partial charge in [0.05, 0.1) is 25.7 Å². The van der Waals surface area contributed by atoms with E-state index in [1.807, 2.05) is 0 Å². The Morgan fingerprint density at radius 3 is 1.10 bits per heavy atom. The van der Waals surface area contributed by atoms with Gasteiger partial charge in [-0.15, -0.1) is 0 Å². The fourth-order valence-corrected chi connectivity index (χ4v) is 5.37. The van der Waals surface area contributed by atoms with E-state index in [9.17, 15) is 46.8 Å². The van der Waals surface area contributed by atoms with Gasteiger partial charge in [0.2, 0.25) is 5.91 Å². The summed E-state index contributed by atoms with van der Waals surface area (Å²) in [5.74, 6) is -8.47. The second-order valence-corrected chi connectivity index (χ2v) is 12.8. The van der Waals surface area contributed by atoms with Gasteiger partial charge < -0.3 is 30.4 Å². The van der Waals surface area contributed by atoms with Crippen LogP contribution in [0.2, 0.25) is 0 Å². The van der Waals surface area contributed by atoms with Gasteiger partial charge in [-0.05, 0) is 6.42 Å². The Hall–Kier alpha value is 0.730. The van der Waals surface area contributed by atoms with Crippen LogP contribution in [0.5, 0.6) is 0 Å². The topological polar surface area (TPSA) is 261 Å². The molecule has 0 spiro atoms. The first kappa shape index (κ1) is 62.7. The first-order chi connectivity index (χ1) is 21.5. The number of carbonyl (C=O) groups is 6. The molecule has 15 nitrogen and oxygen atoms in total. The second kappa shape index (κ2) is 39.4. The van der Waals surface area contributed by atoms with E-state index in [2.05, 4.69) is 6.92 Å². The molecular weight excluding hydrogens is 722 g/mol. The monoisotopic (exact) mass is 775 g/mol. The van der Waals surface area contributed by atoms with Crippen molar-refractivity contribution in [3.05, 3.63) is 0 Å². The van der Waals surface area contributed by atoms with Gasteiger partial charge in [0.1, 0.15) is 6.04 Å². The van der Waals surface area contributed by atoms with Gasteiger partial charge in [-0.3, -0.25) is 28.5 Å². The molecule has 0 aromatic heterocycles. The van der Waals surface area contributed by atoms with E-state index in [1.165, 1.54) is 64.2 Å². The number of aliphatic carboxylic acids is 5. The molecule has 20 heteroatoms. The molecule has 0 aromatic carbocycles. The van der Waals surface area contributed by atoms with Crippen molar-refractivity contribution in [2.24, 2.45) is 0 Å². The number of carboxylic acid groups (broad SMARTS) is 5. The molecule has 0 aromatic rings. The predicted octanol–water partition coefficient (Wildman–Crippen LogP) is 3.15. The van der Waals surface area contributed by atoms with Gasteiger partial charge in [-0.2, -0.15) is 8.42 Å². The molecule has 0 aliphatic heterocycles. The summed E-state index contributed by atoms with van der Waals surface area (Å²) in [5, 5.41) is 40.8. The summed E-state index contributed by atoms with van der Waals surface area (Å²) in [6.45, 7) is 1.95. The van der Waals surface area contributed by atoms with Crippen LogP contribution in [0.3, 0.4) is 0 Å². The van der Waals surface area contributed by atoms with Crippen molar-refractivity contribution < 1.29 is 67.3 Å². The van der Waals surface area contributed by atoms with Crippen molar-refractivity contribution in [3.63, 3.8) is 0 Å². The van der Waals surface area contributed by atoms with E-state index in [4.69, 9.17) is 20.4 Å². The van der Waals surface area contributed by atoms with Crippen molar-refractivity contribution in [3.8, 4) is 0 Å². The van der Waals surface area contributed by atoms with E-state index >= 15 is 0 Å². The summed E-state index contributed by atoms with van der Waals surface area (Å²) in [4.78, 5) is 66.5. The maximum atomic E-state index is 12.8. The fourth-order valence-electron chi connectivity index (χ4n) is 4.62. The van der Waals surface area contributed by atoms with Gasteiger partial charge >= 0.3 is 29.8 Å². The Kier molecular flexibility index (Phi) is 49.4. The van der Waals surface area contributed by atoms with E-state index in [0.29, 0.717) is 11.3 Å². The minimum Gasteiger partial charge on any atom is -0.481 e. The van der Waals surface area contributed by atoms with Crippen LogP contribution in [0, 0.1) is 0 Å². The van der Waals surface area contributed by atoms with E-state index in [1.54, 1.807) is 0 Å². The largest absolute Gasteiger partial charge is 0.481 e. The minimum absolute atomic E-state index is 0. The third-order valence-corrected chi connectivity index (χ3v) is 8.20. The fraction of sp³-hybridized carbons (Fsp3) is 0.800. The van der Waals surface area contributed by atoms with E-state index in [0.717, 1.165) is 25.7 Å². The first-order valence-corrected chi connectivity index (χ1v) is 17.4. The molecule has 0 aliphatic rings. The number of unbranched alkanes of at least 4 members (excludes halogenated alkanes) is 15. The summed E-state index contributed by atoms with van der Waals surface area (Å²) in [6, 6.07) is -1.89. The molecule has 0 saturated heterocycles. The predicted molar refractivity (Wildman–Crippen MR) is 190 cm³/mol. The van der Waals surface area contributed by atoms with Crippen LogP contribution in [0.4, 0.5) is 0 Å². The Bertz CT molecular complexity index is 1040. The minimum atomic E-state index is -5.17. The van der Waals surface area contributed by atoms with Crippen molar-refractivity contribution in [2.75, 3.05) is 6.54 Å². The standard InChI is InChI=1S/C26H47NO10S.C4H6O4.4Na/c1-2-3-4-5-6-7-8-9-10-11-12-13-14-15-16-17-18-27(21(26(33)34)19-23(28)29)25(32)22(20-24(30)31)38(35,36)37;5-3(6)1-2-4(7)8;;;;/h21-22H,2-20H2,1H3,(H,28,29)(H,30,31)(H,33,34)(H,35,36,37);1-2H2,(H,5,6)(H,7,8);;;;. The summed E-state index contributed by atoms with van der Waals surface area (Å²) in [7, 11) is -5.17. The summed E-state index contributed by atoms with van der Waals surface area (Å²) >= 11 is 0. The molecule has 0 bridgehead atoms. The van der Waals surface area contributed by atoms with Crippen LogP contribution < -0.4 is 0 Å². The molecule has 0 saturated carbocycles. The maximum absolute atomic E-state index is 12.8. The van der Waals surface area contributed by atoms with Crippen LogP contribution >= 0.6 is 0 Å². The van der Waals surface area contributed by atoms with Gasteiger partial charge in [0.15, 0.2) is 5.25 Å². The number of hydrogen-bond acceptors (Lipinski definition) is 8. The normalized spacial score (nSPS) is 11.3. The van der Waals surface area contributed by atoms with Gasteiger partial charge in [0, 0.05) is 125 Å².